The van der Waals surface area contributed by atoms with E-state index >= 15 is 0 Å². The Morgan fingerprint density at radius 3 is 2.38 bits per heavy atom. The van der Waals surface area contributed by atoms with Crippen LogP contribution in [0.25, 0.3) is 5.69 Å². The van der Waals surface area contributed by atoms with E-state index in [-0.39, 0.29) is 11.5 Å². The van der Waals surface area contributed by atoms with Gasteiger partial charge in [-0.1, -0.05) is 0 Å². The van der Waals surface area contributed by atoms with Crippen molar-refractivity contribution < 1.29 is 23.8 Å². The fraction of sp³-hybridized carbons (Fsp3) is 0.111. The Labute approximate surface area is 147 Å². The quantitative estimate of drug-likeness (QED) is 0.317. The van der Waals surface area contributed by atoms with Crippen LogP contribution in [0.1, 0.15) is 23.0 Å². The van der Waals surface area contributed by atoms with Gasteiger partial charge >= 0.3 is 11.3 Å². The molecule has 0 aliphatic carbocycles. The van der Waals surface area contributed by atoms with Crippen LogP contribution in [0.15, 0.2) is 62.8 Å². The predicted molar refractivity (Wildman–Crippen MR) is 90.1 cm³/mol. The number of benzene rings is 2. The molecule has 0 unspecified atom stereocenters. The van der Waals surface area contributed by atoms with Crippen molar-refractivity contribution in [3.05, 3.63) is 70.2 Å². The molecule has 0 atom stereocenters. The van der Waals surface area contributed by atoms with E-state index in [9.17, 15) is 14.7 Å². The van der Waals surface area contributed by atoms with Crippen molar-refractivity contribution in [3.63, 3.8) is 0 Å². The van der Waals surface area contributed by atoms with Gasteiger partial charge in [-0.05, 0) is 53.3 Å². The molecule has 0 amide bonds. The van der Waals surface area contributed by atoms with Crippen molar-refractivity contribution in [2.45, 2.75) is 6.92 Å². The first-order chi connectivity index (χ1) is 12.5. The van der Waals surface area contributed by atoms with Crippen molar-refractivity contribution in [1.29, 1.82) is 0 Å². The molecule has 0 saturated carbocycles. The Balaban J connectivity index is 1.99. The summed E-state index contributed by atoms with van der Waals surface area (Å²) >= 11 is 0. The summed E-state index contributed by atoms with van der Waals surface area (Å²) in [6.45, 7) is 1.44. The van der Waals surface area contributed by atoms with E-state index in [4.69, 9.17) is 9.26 Å². The number of Topliss-reactive ketones (excluding diaryl/α,β-unsaturated/α-hetero) is 1. The van der Waals surface area contributed by atoms with Crippen LogP contribution < -0.4 is 20.2 Å². The number of rotatable bonds is 5. The topological polar surface area (TPSA) is 112 Å². The Morgan fingerprint density at radius 1 is 1.15 bits per heavy atom. The van der Waals surface area contributed by atoms with Gasteiger partial charge < -0.3 is 9.84 Å². The third-order valence-corrected chi connectivity index (χ3v) is 3.68. The van der Waals surface area contributed by atoms with Gasteiger partial charge in [0.25, 0.3) is 0 Å². The number of aromatic amines is 1. The number of hydrogen-bond donors (Lipinski definition) is 1. The van der Waals surface area contributed by atoms with Gasteiger partial charge in [-0.3, -0.25) is 14.3 Å². The number of carbonyl (C=O) groups excluding carboxylic acids is 1. The minimum absolute atomic E-state index is 0.0912. The first kappa shape index (κ1) is 17.2. The van der Waals surface area contributed by atoms with E-state index in [1.165, 1.54) is 30.8 Å². The van der Waals surface area contributed by atoms with E-state index in [0.29, 0.717) is 22.7 Å². The fourth-order valence-corrected chi connectivity index (χ4v) is 2.31. The molecule has 26 heavy (non-hydrogen) atoms. The van der Waals surface area contributed by atoms with Crippen LogP contribution in [0.2, 0.25) is 0 Å². The van der Waals surface area contributed by atoms with Gasteiger partial charge in [0, 0.05) is 17.7 Å². The van der Waals surface area contributed by atoms with Crippen LogP contribution in [0.5, 0.6) is 5.75 Å². The van der Waals surface area contributed by atoms with Crippen molar-refractivity contribution in [3.8, 4) is 11.4 Å². The lowest BCUT2D eigenvalue weighted by atomic mass is 10.1. The fourth-order valence-electron chi connectivity index (χ4n) is 2.31. The molecule has 0 spiro atoms. The van der Waals surface area contributed by atoms with Gasteiger partial charge in [-0.15, -0.1) is 0 Å². The standard InChI is InChI=1S/C18H15N3O5/c1-11(22)12-3-5-13(6-4-12)19-17(23)16-18(24)26-20-21(16)14-7-9-15(25-2)10-8-14/h3-10H,1-2H3,(H-,19,20,22,23,24). The minimum atomic E-state index is -0.838. The highest BCUT2D eigenvalue weighted by Gasteiger charge is 2.23. The number of nitrogens with zero attached hydrogens (tertiary/aromatic N) is 2. The largest absolute Gasteiger partial charge is 0.854 e. The third-order valence-electron chi connectivity index (χ3n) is 3.68. The molecule has 0 aliphatic rings. The molecule has 132 valence electrons. The minimum Gasteiger partial charge on any atom is -0.854 e. The molecule has 3 aromatic rings. The zero-order chi connectivity index (χ0) is 18.7. The number of carbonyl (C=O) groups is 1. The van der Waals surface area contributed by atoms with Gasteiger partial charge in [-0.25, -0.2) is 4.79 Å². The second kappa shape index (κ2) is 7.06. The summed E-state index contributed by atoms with van der Waals surface area (Å²) in [5.41, 5.74) is 0.218. The molecule has 0 radical (unpaired) electrons. The molecule has 1 heterocycles. The Kier molecular flexibility index (Phi) is 4.66. The molecule has 0 fully saturated rings. The zero-order valence-electron chi connectivity index (χ0n) is 14.1. The molecule has 0 bridgehead atoms. The summed E-state index contributed by atoms with van der Waals surface area (Å²) in [4.78, 5) is 27.1. The maximum Gasteiger partial charge on any atom is 0.436 e. The van der Waals surface area contributed by atoms with E-state index in [1.807, 2.05) is 0 Å². The Bertz CT molecular complexity index is 1010. The summed E-state index contributed by atoms with van der Waals surface area (Å²) in [7, 11) is 1.53. The van der Waals surface area contributed by atoms with Gasteiger partial charge in [-0.2, -0.15) is 0 Å². The second-order valence-electron chi connectivity index (χ2n) is 5.38. The molecule has 0 aliphatic heterocycles. The maximum atomic E-state index is 12.5. The smallest absolute Gasteiger partial charge is 0.436 e. The normalized spacial score (nSPS) is 11.4. The first-order valence-corrected chi connectivity index (χ1v) is 7.64. The van der Waals surface area contributed by atoms with Crippen LogP contribution in [0.3, 0.4) is 0 Å². The van der Waals surface area contributed by atoms with Gasteiger partial charge in [0.05, 0.1) is 18.7 Å². The Hall–Kier alpha value is -3.68. The molecular formula is C18H15N3O5. The summed E-state index contributed by atoms with van der Waals surface area (Å²) < 4.78 is 11.0. The zero-order valence-corrected chi connectivity index (χ0v) is 14.1. The van der Waals surface area contributed by atoms with E-state index in [0.717, 1.165) is 0 Å². The monoisotopic (exact) mass is 353 g/mol. The number of ether oxygens (including phenoxy) is 1. The molecule has 8 nitrogen and oxygen atoms in total. The van der Waals surface area contributed by atoms with E-state index in [1.54, 1.807) is 36.4 Å². The molecule has 3 rings (SSSR count). The van der Waals surface area contributed by atoms with Crippen molar-refractivity contribution in [2.24, 2.45) is 4.99 Å². The highest BCUT2D eigenvalue weighted by atomic mass is 16.5. The van der Waals surface area contributed by atoms with Crippen LogP contribution in [-0.4, -0.2) is 24.1 Å². The van der Waals surface area contributed by atoms with Gasteiger partial charge in [0.2, 0.25) is 5.69 Å². The summed E-state index contributed by atoms with van der Waals surface area (Å²) in [5, 5.41) is 14.9. The van der Waals surface area contributed by atoms with E-state index < -0.39 is 11.5 Å². The number of H-pyrrole nitrogens is 1. The third kappa shape index (κ3) is 3.39. The summed E-state index contributed by atoms with van der Waals surface area (Å²) in [5.74, 6) is -0.235. The number of nitrogens with one attached hydrogen (secondary N) is 1. The van der Waals surface area contributed by atoms with Crippen LogP contribution >= 0.6 is 0 Å². The molecule has 8 heteroatoms. The average Bonchev–Trinajstić information content (AvgIpc) is 3.04. The van der Waals surface area contributed by atoms with Crippen molar-refractivity contribution >= 4 is 17.4 Å². The Morgan fingerprint density at radius 2 is 1.81 bits per heavy atom. The maximum absolute atomic E-state index is 12.5. The molecule has 1 aromatic heterocycles. The SMILES string of the molecule is COc1ccc(-[n+]2[nH]oc(=O)c2C([O-])=Nc2ccc(C(C)=O)cc2)cc1. The number of ketones is 1. The number of aliphatic imine (C=N–C) groups is 1. The van der Waals surface area contributed by atoms with E-state index in [2.05, 4.69) is 10.3 Å². The van der Waals surface area contributed by atoms with Crippen LogP contribution in [0, 0.1) is 0 Å². The van der Waals surface area contributed by atoms with Crippen molar-refractivity contribution in [1.82, 2.24) is 5.27 Å². The van der Waals surface area contributed by atoms with Gasteiger partial charge in [0.1, 0.15) is 5.75 Å². The highest BCUT2D eigenvalue weighted by Crippen LogP contribution is 2.14. The lowest BCUT2D eigenvalue weighted by molar-refractivity contribution is -0.673. The van der Waals surface area contributed by atoms with Gasteiger partial charge in [0.15, 0.2) is 5.78 Å². The molecule has 1 N–H and O–H groups in total. The summed E-state index contributed by atoms with van der Waals surface area (Å²) in [6, 6.07) is 12.9. The lowest BCUT2D eigenvalue weighted by Crippen LogP contribution is -2.44. The highest BCUT2D eigenvalue weighted by molar-refractivity contribution is 5.94. The van der Waals surface area contributed by atoms with Crippen molar-refractivity contribution in [2.75, 3.05) is 7.11 Å². The molecule has 2 aromatic carbocycles. The van der Waals surface area contributed by atoms with Crippen LogP contribution in [0.4, 0.5) is 5.69 Å². The molecule has 0 saturated heterocycles. The van der Waals surface area contributed by atoms with Crippen LogP contribution in [-0.2, 0) is 0 Å². The molecular weight excluding hydrogens is 338 g/mol. The second-order valence-corrected chi connectivity index (χ2v) is 5.38. The predicted octanol–water partition coefficient (Wildman–Crippen LogP) is 0.894. The lowest BCUT2D eigenvalue weighted by Gasteiger charge is -2.05. The number of aromatic nitrogens is 2. The number of hydrogen-bond acceptors (Lipinski definition) is 6. The number of methoxy groups -OCH3 is 1. The average molecular weight is 353 g/mol. The first-order valence-electron chi connectivity index (χ1n) is 7.64. The summed E-state index contributed by atoms with van der Waals surface area (Å²) in [6.07, 6.45) is 0.